The third kappa shape index (κ3) is 3.58. The van der Waals surface area contributed by atoms with Crippen LogP contribution in [0.3, 0.4) is 0 Å². The molecule has 0 aromatic heterocycles. The lowest BCUT2D eigenvalue weighted by molar-refractivity contribution is 0.192. The fourth-order valence-corrected chi connectivity index (χ4v) is 2.55. The van der Waals surface area contributed by atoms with E-state index in [0.29, 0.717) is 32.9 Å². The number of anilines is 1. The number of aryl methyl sites for hydroxylation is 1. The first-order valence-corrected chi connectivity index (χ1v) is 7.24. The number of hydrogen-bond donors (Lipinski definition) is 2. The van der Waals surface area contributed by atoms with E-state index in [0.717, 1.165) is 5.56 Å². The first-order valence-electron chi connectivity index (χ1n) is 6.11. The standard InChI is InChI=1S/C15H14Cl3NO/c1-9-6-13(18)14(7-12(9)17)19-8-15(20)10-4-2-3-5-11(10)16/h2-7,15,19-20H,8H2,1H3. The van der Waals surface area contributed by atoms with Crippen molar-refractivity contribution in [3.63, 3.8) is 0 Å². The molecule has 0 saturated carbocycles. The molecule has 20 heavy (non-hydrogen) atoms. The number of aliphatic hydroxyl groups excluding tert-OH is 1. The molecular formula is C15H14Cl3NO. The molecule has 1 unspecified atom stereocenters. The van der Waals surface area contributed by atoms with Crippen LogP contribution >= 0.6 is 34.8 Å². The van der Waals surface area contributed by atoms with Crippen LogP contribution in [0.4, 0.5) is 5.69 Å². The second-order valence-corrected chi connectivity index (χ2v) is 5.72. The van der Waals surface area contributed by atoms with Gasteiger partial charge in [0, 0.05) is 22.2 Å². The SMILES string of the molecule is Cc1cc(Cl)c(NCC(O)c2ccccc2Cl)cc1Cl. The van der Waals surface area contributed by atoms with Gasteiger partial charge in [-0.2, -0.15) is 0 Å². The molecule has 2 aromatic carbocycles. The Hall–Kier alpha value is -0.930. The Bertz CT molecular complexity index is 616. The van der Waals surface area contributed by atoms with Gasteiger partial charge in [-0.3, -0.25) is 0 Å². The summed E-state index contributed by atoms with van der Waals surface area (Å²) in [5, 5.41) is 15.0. The lowest BCUT2D eigenvalue weighted by Crippen LogP contribution is -2.12. The first kappa shape index (κ1) is 15.5. The average Bonchev–Trinajstić information content (AvgIpc) is 2.41. The molecule has 2 N–H and O–H groups in total. The minimum Gasteiger partial charge on any atom is -0.387 e. The number of halogens is 3. The van der Waals surface area contributed by atoms with Gasteiger partial charge in [-0.25, -0.2) is 0 Å². The molecule has 0 aliphatic heterocycles. The van der Waals surface area contributed by atoms with Crippen LogP contribution in [0.15, 0.2) is 36.4 Å². The minimum absolute atomic E-state index is 0.294. The van der Waals surface area contributed by atoms with Crippen LogP contribution in [0, 0.1) is 6.92 Å². The largest absolute Gasteiger partial charge is 0.387 e. The summed E-state index contributed by atoms with van der Waals surface area (Å²) in [5.74, 6) is 0. The highest BCUT2D eigenvalue weighted by molar-refractivity contribution is 6.35. The van der Waals surface area contributed by atoms with Crippen LogP contribution in [-0.2, 0) is 0 Å². The van der Waals surface area contributed by atoms with Crippen molar-refractivity contribution in [2.75, 3.05) is 11.9 Å². The molecular weight excluding hydrogens is 317 g/mol. The van der Waals surface area contributed by atoms with E-state index in [1.807, 2.05) is 19.1 Å². The Kier molecular flexibility index (Phi) is 5.17. The monoisotopic (exact) mass is 329 g/mol. The predicted molar refractivity (Wildman–Crippen MR) is 86.1 cm³/mol. The van der Waals surface area contributed by atoms with Gasteiger partial charge in [-0.05, 0) is 30.7 Å². The number of hydrogen-bond acceptors (Lipinski definition) is 2. The zero-order chi connectivity index (χ0) is 14.7. The second kappa shape index (κ2) is 6.68. The van der Waals surface area contributed by atoms with Crippen LogP contribution in [0.1, 0.15) is 17.2 Å². The number of rotatable bonds is 4. The molecule has 2 aromatic rings. The maximum atomic E-state index is 10.2. The minimum atomic E-state index is -0.722. The summed E-state index contributed by atoms with van der Waals surface area (Å²) in [6, 6.07) is 10.7. The molecule has 0 saturated heterocycles. The van der Waals surface area contributed by atoms with E-state index in [1.165, 1.54) is 0 Å². The highest BCUT2D eigenvalue weighted by atomic mass is 35.5. The Balaban J connectivity index is 2.09. The topological polar surface area (TPSA) is 32.3 Å². The van der Waals surface area contributed by atoms with Gasteiger partial charge < -0.3 is 10.4 Å². The number of aliphatic hydroxyl groups is 1. The summed E-state index contributed by atoms with van der Waals surface area (Å²) in [7, 11) is 0. The molecule has 0 aliphatic rings. The van der Waals surface area contributed by atoms with E-state index in [-0.39, 0.29) is 0 Å². The summed E-state index contributed by atoms with van der Waals surface area (Å²) in [6.45, 7) is 2.18. The van der Waals surface area contributed by atoms with E-state index in [1.54, 1.807) is 24.3 Å². The Morgan fingerprint density at radius 1 is 1.05 bits per heavy atom. The smallest absolute Gasteiger partial charge is 0.0976 e. The van der Waals surface area contributed by atoms with Gasteiger partial charge >= 0.3 is 0 Å². The van der Waals surface area contributed by atoms with Crippen LogP contribution < -0.4 is 5.32 Å². The van der Waals surface area contributed by atoms with E-state index < -0.39 is 6.10 Å². The Labute approximate surface area is 133 Å². The third-order valence-electron chi connectivity index (χ3n) is 3.00. The van der Waals surface area contributed by atoms with Crippen molar-refractivity contribution in [1.82, 2.24) is 0 Å². The summed E-state index contributed by atoms with van der Waals surface area (Å²) >= 11 is 18.2. The lowest BCUT2D eigenvalue weighted by Gasteiger charge is -2.16. The quantitative estimate of drug-likeness (QED) is 0.817. The van der Waals surface area contributed by atoms with E-state index in [9.17, 15) is 5.11 Å². The van der Waals surface area contributed by atoms with Gasteiger partial charge in [0.05, 0.1) is 16.8 Å². The van der Waals surface area contributed by atoms with Gasteiger partial charge in [0.1, 0.15) is 0 Å². The van der Waals surface area contributed by atoms with Crippen LogP contribution in [0.25, 0.3) is 0 Å². The van der Waals surface area contributed by atoms with E-state index in [4.69, 9.17) is 34.8 Å². The van der Waals surface area contributed by atoms with Gasteiger partial charge in [0.15, 0.2) is 0 Å². The second-order valence-electron chi connectivity index (χ2n) is 4.50. The number of benzene rings is 2. The third-order valence-corrected chi connectivity index (χ3v) is 4.06. The maximum absolute atomic E-state index is 10.2. The van der Waals surface area contributed by atoms with Gasteiger partial charge in [0.25, 0.3) is 0 Å². The molecule has 0 radical (unpaired) electrons. The normalized spacial score (nSPS) is 12.2. The summed E-state index contributed by atoms with van der Waals surface area (Å²) in [6.07, 6.45) is -0.722. The van der Waals surface area contributed by atoms with Crippen molar-refractivity contribution >= 4 is 40.5 Å². The van der Waals surface area contributed by atoms with Crippen molar-refractivity contribution in [2.45, 2.75) is 13.0 Å². The van der Waals surface area contributed by atoms with E-state index in [2.05, 4.69) is 5.32 Å². The summed E-state index contributed by atoms with van der Waals surface area (Å²) in [5.41, 5.74) is 2.28. The first-order chi connectivity index (χ1) is 9.49. The predicted octanol–water partition coefficient (Wildman–Crippen LogP) is 5.10. The fourth-order valence-electron chi connectivity index (χ4n) is 1.84. The highest BCUT2D eigenvalue weighted by Crippen LogP contribution is 2.30. The van der Waals surface area contributed by atoms with Gasteiger partial charge in [-0.1, -0.05) is 53.0 Å². The molecule has 0 bridgehead atoms. The zero-order valence-electron chi connectivity index (χ0n) is 10.8. The summed E-state index contributed by atoms with van der Waals surface area (Å²) in [4.78, 5) is 0. The lowest BCUT2D eigenvalue weighted by atomic mass is 10.1. The van der Waals surface area contributed by atoms with Gasteiger partial charge in [-0.15, -0.1) is 0 Å². The van der Waals surface area contributed by atoms with Crippen LogP contribution in [0.5, 0.6) is 0 Å². The molecule has 106 valence electrons. The number of nitrogens with one attached hydrogen (secondary N) is 1. The van der Waals surface area contributed by atoms with E-state index >= 15 is 0 Å². The van der Waals surface area contributed by atoms with Crippen LogP contribution in [0.2, 0.25) is 15.1 Å². The molecule has 0 aliphatic carbocycles. The molecule has 0 amide bonds. The van der Waals surface area contributed by atoms with Crippen molar-refractivity contribution in [1.29, 1.82) is 0 Å². The molecule has 0 spiro atoms. The van der Waals surface area contributed by atoms with Crippen molar-refractivity contribution in [2.24, 2.45) is 0 Å². The molecule has 0 fully saturated rings. The van der Waals surface area contributed by atoms with Crippen molar-refractivity contribution in [3.8, 4) is 0 Å². The average molecular weight is 331 g/mol. The maximum Gasteiger partial charge on any atom is 0.0976 e. The molecule has 0 heterocycles. The Morgan fingerprint density at radius 2 is 1.75 bits per heavy atom. The van der Waals surface area contributed by atoms with Crippen LogP contribution in [-0.4, -0.2) is 11.7 Å². The molecule has 2 nitrogen and oxygen atoms in total. The zero-order valence-corrected chi connectivity index (χ0v) is 13.1. The fraction of sp³-hybridized carbons (Fsp3) is 0.200. The Morgan fingerprint density at radius 3 is 2.45 bits per heavy atom. The summed E-state index contributed by atoms with van der Waals surface area (Å²) < 4.78 is 0. The van der Waals surface area contributed by atoms with Gasteiger partial charge in [0.2, 0.25) is 0 Å². The van der Waals surface area contributed by atoms with Crippen molar-refractivity contribution < 1.29 is 5.11 Å². The molecule has 1 atom stereocenters. The van der Waals surface area contributed by atoms with Crippen molar-refractivity contribution in [3.05, 3.63) is 62.6 Å². The molecule has 2 rings (SSSR count). The highest BCUT2D eigenvalue weighted by Gasteiger charge is 2.12. The molecule has 5 heteroatoms.